The third-order valence-corrected chi connectivity index (χ3v) is 2.88. The molecule has 19 heavy (non-hydrogen) atoms. The molecule has 0 unspecified atom stereocenters. The van der Waals surface area contributed by atoms with Crippen molar-refractivity contribution in [2.24, 2.45) is 5.92 Å². The molecule has 0 aliphatic heterocycles. The van der Waals surface area contributed by atoms with Gasteiger partial charge in [0.1, 0.15) is 12.4 Å². The van der Waals surface area contributed by atoms with Gasteiger partial charge in [-0.05, 0) is 36.6 Å². The Hall–Kier alpha value is -1.42. The van der Waals surface area contributed by atoms with Crippen molar-refractivity contribution >= 4 is 17.6 Å². The number of aryl methyl sites for hydroxylation is 1. The SMILES string of the molecule is Cc1cc(OCCNC(=O)NCC(C)C)ccc1Cl. The molecule has 0 bridgehead atoms. The van der Waals surface area contributed by atoms with Crippen LogP contribution in [-0.2, 0) is 0 Å². The Bertz CT molecular complexity index is 422. The third-order valence-electron chi connectivity index (χ3n) is 2.46. The first-order valence-corrected chi connectivity index (χ1v) is 6.77. The van der Waals surface area contributed by atoms with E-state index < -0.39 is 0 Å². The molecule has 5 heteroatoms. The predicted molar refractivity (Wildman–Crippen MR) is 77.9 cm³/mol. The molecule has 0 heterocycles. The summed E-state index contributed by atoms with van der Waals surface area (Å²) in [6, 6.07) is 5.33. The van der Waals surface area contributed by atoms with E-state index in [1.807, 2.05) is 32.9 Å². The zero-order valence-electron chi connectivity index (χ0n) is 11.6. The normalized spacial score (nSPS) is 10.4. The van der Waals surface area contributed by atoms with Crippen molar-refractivity contribution in [3.63, 3.8) is 0 Å². The Balaban J connectivity index is 2.20. The van der Waals surface area contributed by atoms with Gasteiger partial charge < -0.3 is 15.4 Å². The van der Waals surface area contributed by atoms with Gasteiger partial charge in [-0.3, -0.25) is 0 Å². The summed E-state index contributed by atoms with van der Waals surface area (Å²) in [7, 11) is 0. The number of ether oxygens (including phenoxy) is 1. The number of rotatable bonds is 6. The molecule has 0 atom stereocenters. The Labute approximate surface area is 119 Å². The molecule has 0 fully saturated rings. The van der Waals surface area contributed by atoms with Crippen molar-refractivity contribution in [1.82, 2.24) is 10.6 Å². The molecule has 106 valence electrons. The third kappa shape index (κ3) is 6.34. The molecule has 0 radical (unpaired) electrons. The van der Waals surface area contributed by atoms with Gasteiger partial charge in [-0.25, -0.2) is 4.79 Å². The maximum atomic E-state index is 11.4. The van der Waals surface area contributed by atoms with Crippen LogP contribution >= 0.6 is 11.6 Å². The van der Waals surface area contributed by atoms with E-state index >= 15 is 0 Å². The maximum Gasteiger partial charge on any atom is 0.314 e. The van der Waals surface area contributed by atoms with Crippen molar-refractivity contribution in [2.75, 3.05) is 19.7 Å². The smallest absolute Gasteiger partial charge is 0.314 e. The van der Waals surface area contributed by atoms with E-state index in [4.69, 9.17) is 16.3 Å². The zero-order valence-corrected chi connectivity index (χ0v) is 12.4. The molecular formula is C14H21ClN2O2. The minimum atomic E-state index is -0.162. The first-order chi connectivity index (χ1) is 8.99. The number of nitrogens with one attached hydrogen (secondary N) is 2. The molecule has 0 aromatic heterocycles. The van der Waals surface area contributed by atoms with Crippen LogP contribution in [0, 0.1) is 12.8 Å². The summed E-state index contributed by atoms with van der Waals surface area (Å²) in [6.45, 7) is 7.58. The lowest BCUT2D eigenvalue weighted by Gasteiger charge is -2.10. The molecule has 2 amide bonds. The fourth-order valence-corrected chi connectivity index (χ4v) is 1.52. The van der Waals surface area contributed by atoms with E-state index in [2.05, 4.69) is 10.6 Å². The number of benzene rings is 1. The number of carbonyl (C=O) groups excluding carboxylic acids is 1. The summed E-state index contributed by atoms with van der Waals surface area (Å²) in [4.78, 5) is 11.4. The fraction of sp³-hybridized carbons (Fsp3) is 0.500. The first kappa shape index (κ1) is 15.6. The molecule has 0 saturated heterocycles. The van der Waals surface area contributed by atoms with E-state index in [-0.39, 0.29) is 6.03 Å². The summed E-state index contributed by atoms with van der Waals surface area (Å²) in [5, 5.41) is 6.23. The van der Waals surface area contributed by atoms with Gasteiger partial charge in [-0.1, -0.05) is 25.4 Å². The van der Waals surface area contributed by atoms with Crippen LogP contribution in [-0.4, -0.2) is 25.7 Å². The lowest BCUT2D eigenvalue weighted by Crippen LogP contribution is -2.39. The topological polar surface area (TPSA) is 50.4 Å². The first-order valence-electron chi connectivity index (χ1n) is 6.39. The maximum absolute atomic E-state index is 11.4. The van der Waals surface area contributed by atoms with Crippen LogP contribution in [0.3, 0.4) is 0 Å². The molecule has 0 aliphatic rings. The fourth-order valence-electron chi connectivity index (χ4n) is 1.40. The van der Waals surface area contributed by atoms with Gasteiger partial charge in [0.2, 0.25) is 0 Å². The summed E-state index contributed by atoms with van der Waals surface area (Å²) in [5.74, 6) is 1.20. The van der Waals surface area contributed by atoms with Crippen molar-refractivity contribution in [1.29, 1.82) is 0 Å². The highest BCUT2D eigenvalue weighted by Gasteiger charge is 2.01. The molecule has 2 N–H and O–H groups in total. The molecule has 0 aliphatic carbocycles. The van der Waals surface area contributed by atoms with Gasteiger partial charge in [0.15, 0.2) is 0 Å². The number of halogens is 1. The summed E-state index contributed by atoms with van der Waals surface area (Å²) < 4.78 is 5.52. The van der Waals surface area contributed by atoms with Crippen LogP contribution in [0.25, 0.3) is 0 Å². The Morgan fingerprint density at radius 2 is 2.11 bits per heavy atom. The van der Waals surface area contributed by atoms with Crippen LogP contribution < -0.4 is 15.4 Å². The largest absolute Gasteiger partial charge is 0.492 e. The lowest BCUT2D eigenvalue weighted by atomic mass is 10.2. The molecule has 1 rings (SSSR count). The monoisotopic (exact) mass is 284 g/mol. The van der Waals surface area contributed by atoms with Crippen LogP contribution in [0.1, 0.15) is 19.4 Å². The van der Waals surface area contributed by atoms with Crippen LogP contribution in [0.4, 0.5) is 4.79 Å². The van der Waals surface area contributed by atoms with E-state index in [1.165, 1.54) is 0 Å². The number of carbonyl (C=O) groups is 1. The van der Waals surface area contributed by atoms with Crippen molar-refractivity contribution < 1.29 is 9.53 Å². The van der Waals surface area contributed by atoms with Crippen molar-refractivity contribution in [3.05, 3.63) is 28.8 Å². The second-order valence-electron chi connectivity index (χ2n) is 4.79. The van der Waals surface area contributed by atoms with Gasteiger partial charge in [0.05, 0.1) is 6.54 Å². The van der Waals surface area contributed by atoms with Gasteiger partial charge in [-0.15, -0.1) is 0 Å². The van der Waals surface area contributed by atoms with Gasteiger partial charge in [0, 0.05) is 11.6 Å². The number of amides is 2. The van der Waals surface area contributed by atoms with Gasteiger partial charge in [-0.2, -0.15) is 0 Å². The number of urea groups is 1. The van der Waals surface area contributed by atoms with Gasteiger partial charge in [0.25, 0.3) is 0 Å². The molecule has 0 saturated carbocycles. The average Bonchev–Trinajstić information content (AvgIpc) is 2.36. The van der Waals surface area contributed by atoms with Crippen LogP contribution in [0.5, 0.6) is 5.75 Å². The molecule has 1 aromatic carbocycles. The van der Waals surface area contributed by atoms with E-state index in [0.717, 1.165) is 16.3 Å². The highest BCUT2D eigenvalue weighted by atomic mass is 35.5. The number of hydrogen-bond acceptors (Lipinski definition) is 2. The Kier molecular flexibility index (Phi) is 6.50. The summed E-state index contributed by atoms with van der Waals surface area (Å²) in [6.07, 6.45) is 0. The number of hydrogen-bond donors (Lipinski definition) is 2. The summed E-state index contributed by atoms with van der Waals surface area (Å²) >= 11 is 5.92. The van der Waals surface area contributed by atoms with Crippen LogP contribution in [0.2, 0.25) is 5.02 Å². The Morgan fingerprint density at radius 3 is 2.74 bits per heavy atom. The van der Waals surface area contributed by atoms with Crippen LogP contribution in [0.15, 0.2) is 18.2 Å². The predicted octanol–water partition coefficient (Wildman–Crippen LogP) is 2.98. The quantitative estimate of drug-likeness (QED) is 0.789. The minimum absolute atomic E-state index is 0.162. The average molecular weight is 285 g/mol. The van der Waals surface area contributed by atoms with E-state index in [9.17, 15) is 4.79 Å². The van der Waals surface area contributed by atoms with Crippen molar-refractivity contribution in [3.8, 4) is 5.75 Å². The zero-order chi connectivity index (χ0) is 14.3. The standard InChI is InChI=1S/C14H21ClN2O2/c1-10(2)9-17-14(18)16-6-7-19-12-4-5-13(15)11(3)8-12/h4-5,8,10H,6-7,9H2,1-3H3,(H2,16,17,18). The summed E-state index contributed by atoms with van der Waals surface area (Å²) in [5.41, 5.74) is 0.974. The van der Waals surface area contributed by atoms with Gasteiger partial charge >= 0.3 is 6.03 Å². The lowest BCUT2D eigenvalue weighted by molar-refractivity contribution is 0.235. The highest BCUT2D eigenvalue weighted by Crippen LogP contribution is 2.20. The Morgan fingerprint density at radius 1 is 1.37 bits per heavy atom. The molecule has 0 spiro atoms. The van der Waals surface area contributed by atoms with E-state index in [1.54, 1.807) is 6.07 Å². The second-order valence-corrected chi connectivity index (χ2v) is 5.20. The molecule has 1 aromatic rings. The molecular weight excluding hydrogens is 264 g/mol. The second kappa shape index (κ2) is 7.89. The van der Waals surface area contributed by atoms with E-state index in [0.29, 0.717) is 25.6 Å². The molecule has 4 nitrogen and oxygen atoms in total. The minimum Gasteiger partial charge on any atom is -0.492 e. The van der Waals surface area contributed by atoms with Crippen molar-refractivity contribution in [2.45, 2.75) is 20.8 Å². The highest BCUT2D eigenvalue weighted by molar-refractivity contribution is 6.31.